The van der Waals surface area contributed by atoms with E-state index < -0.39 is 0 Å². The Morgan fingerprint density at radius 1 is 0.974 bits per heavy atom. The molecule has 5 rings (SSSR count). The molecule has 0 radical (unpaired) electrons. The molecule has 5 heteroatoms. The molecule has 0 saturated carbocycles. The van der Waals surface area contributed by atoms with Crippen molar-refractivity contribution in [2.24, 2.45) is 5.92 Å². The summed E-state index contributed by atoms with van der Waals surface area (Å²) in [6.45, 7) is 7.97. The Balaban J connectivity index is 0.000000353. The first-order chi connectivity index (χ1) is 18.9. The van der Waals surface area contributed by atoms with Crippen LogP contribution in [0.2, 0.25) is 0 Å². The number of carbonyl (C=O) groups excluding carboxylic acids is 1. The lowest BCUT2D eigenvalue weighted by Gasteiger charge is -2.32. The van der Waals surface area contributed by atoms with Gasteiger partial charge >= 0.3 is 0 Å². The van der Waals surface area contributed by atoms with E-state index in [2.05, 4.69) is 58.2 Å². The summed E-state index contributed by atoms with van der Waals surface area (Å²) in [6, 6.07) is 29.8. The molecular weight excluding hydrogens is 482 g/mol. The molecule has 0 spiro atoms. The van der Waals surface area contributed by atoms with Gasteiger partial charge in [0, 0.05) is 27.5 Å². The highest BCUT2D eigenvalue weighted by atomic mass is 16.2. The summed E-state index contributed by atoms with van der Waals surface area (Å²) in [5.74, 6) is 0.865. The predicted octanol–water partition coefficient (Wildman–Crippen LogP) is 6.88. The number of H-pyrrole nitrogens is 1. The molecule has 39 heavy (non-hydrogen) atoms. The smallest absolute Gasteiger partial charge is 0.248 e. The fraction of sp³-hybridized carbons (Fsp3) is 0.353. The van der Waals surface area contributed by atoms with E-state index in [1.165, 1.54) is 37.1 Å². The van der Waals surface area contributed by atoms with E-state index >= 15 is 0 Å². The zero-order chi connectivity index (χ0) is 27.6. The summed E-state index contributed by atoms with van der Waals surface area (Å²) in [6.07, 6.45) is 3.60. The van der Waals surface area contributed by atoms with Gasteiger partial charge in [0.2, 0.25) is 11.5 Å². The molecular formula is C34H45N3O2. The van der Waals surface area contributed by atoms with Crippen molar-refractivity contribution in [2.45, 2.75) is 45.6 Å². The molecule has 1 aromatic heterocycles. The van der Waals surface area contributed by atoms with Gasteiger partial charge < -0.3 is 14.8 Å². The Morgan fingerprint density at radius 3 is 2.33 bits per heavy atom. The number of hydrogen-bond donors (Lipinski definition) is 1. The summed E-state index contributed by atoms with van der Waals surface area (Å²) in [4.78, 5) is 31.4. The Labute approximate surface area is 235 Å². The normalized spacial score (nSPS) is 14.8. The van der Waals surface area contributed by atoms with Gasteiger partial charge in [-0.25, -0.2) is 0 Å². The lowest BCUT2D eigenvalue weighted by molar-refractivity contribution is -0.133. The zero-order valence-electron chi connectivity index (χ0n) is 23.5. The molecule has 0 bridgehead atoms. The molecule has 0 aliphatic carbocycles. The SMILES string of the molecule is CC(C(=O)N(CCC1CCN(C)CC1)Cc1ccccc1)c1ccccc1.Cc1ccc2[nH]c(=O)ccc2c1.[HH].[HH]. The minimum Gasteiger partial charge on any atom is -0.338 e. The van der Waals surface area contributed by atoms with Crippen molar-refractivity contribution >= 4 is 16.8 Å². The number of amides is 1. The van der Waals surface area contributed by atoms with Gasteiger partial charge in [0.15, 0.2) is 0 Å². The molecule has 5 nitrogen and oxygen atoms in total. The Hall–Kier alpha value is -3.70. The van der Waals surface area contributed by atoms with E-state index in [1.807, 2.05) is 62.4 Å². The third-order valence-corrected chi connectivity index (χ3v) is 7.72. The summed E-state index contributed by atoms with van der Waals surface area (Å²) in [5, 5.41) is 1.08. The van der Waals surface area contributed by atoms with Crippen LogP contribution in [0.4, 0.5) is 0 Å². The number of rotatable bonds is 7. The first kappa shape index (κ1) is 28.3. The average molecular weight is 528 g/mol. The van der Waals surface area contributed by atoms with E-state index in [4.69, 9.17) is 0 Å². The molecule has 2 heterocycles. The van der Waals surface area contributed by atoms with Gasteiger partial charge in [-0.3, -0.25) is 9.59 Å². The molecule has 1 unspecified atom stereocenters. The maximum atomic E-state index is 13.3. The van der Waals surface area contributed by atoms with Crippen LogP contribution < -0.4 is 5.56 Å². The van der Waals surface area contributed by atoms with Gasteiger partial charge in [0.1, 0.15) is 0 Å². The van der Waals surface area contributed by atoms with E-state index in [9.17, 15) is 9.59 Å². The summed E-state index contributed by atoms with van der Waals surface area (Å²) in [5.41, 5.74) is 4.35. The van der Waals surface area contributed by atoms with Crippen molar-refractivity contribution in [2.75, 3.05) is 26.7 Å². The Kier molecular flexibility index (Phi) is 10.1. The lowest BCUT2D eigenvalue weighted by Crippen LogP contribution is -2.37. The summed E-state index contributed by atoms with van der Waals surface area (Å²) < 4.78 is 0. The second-order valence-electron chi connectivity index (χ2n) is 10.8. The minimum absolute atomic E-state index is 0. The number of nitrogens with zero attached hydrogens (tertiary/aromatic N) is 2. The molecule has 1 aliphatic rings. The minimum atomic E-state index is -0.104. The summed E-state index contributed by atoms with van der Waals surface area (Å²) in [7, 11) is 2.20. The molecule has 1 atom stereocenters. The number of hydrogen-bond acceptors (Lipinski definition) is 3. The number of aryl methyl sites for hydroxylation is 1. The first-order valence-corrected chi connectivity index (χ1v) is 14.0. The van der Waals surface area contributed by atoms with Crippen molar-refractivity contribution in [3.05, 3.63) is 118 Å². The molecule has 208 valence electrons. The van der Waals surface area contributed by atoms with Gasteiger partial charge in [-0.2, -0.15) is 0 Å². The van der Waals surface area contributed by atoms with Crippen molar-refractivity contribution in [3.8, 4) is 0 Å². The van der Waals surface area contributed by atoms with Crippen molar-refractivity contribution < 1.29 is 7.65 Å². The zero-order valence-corrected chi connectivity index (χ0v) is 23.5. The van der Waals surface area contributed by atoms with Crippen LogP contribution >= 0.6 is 0 Å². The van der Waals surface area contributed by atoms with Crippen LogP contribution in [0.25, 0.3) is 10.9 Å². The highest BCUT2D eigenvalue weighted by Gasteiger charge is 2.24. The number of carbonyl (C=O) groups is 1. The maximum absolute atomic E-state index is 13.3. The number of piperidine rings is 1. The van der Waals surface area contributed by atoms with Gasteiger partial charge in [-0.1, -0.05) is 72.3 Å². The number of pyridine rings is 1. The third kappa shape index (κ3) is 8.39. The van der Waals surface area contributed by atoms with Crippen molar-refractivity contribution in [1.29, 1.82) is 0 Å². The van der Waals surface area contributed by atoms with Crippen LogP contribution in [0, 0.1) is 12.8 Å². The number of nitrogens with one attached hydrogen (secondary N) is 1. The van der Waals surface area contributed by atoms with Gasteiger partial charge in [0.05, 0.1) is 5.92 Å². The molecule has 1 amide bonds. The van der Waals surface area contributed by atoms with Crippen LogP contribution in [-0.4, -0.2) is 47.4 Å². The standard InChI is InChI=1S/C24H32N2O.C10H9NO.2H2/c1-20(23-11-7-4-8-12-23)24(27)26(19-22-9-5-3-6-10-22)18-15-21-13-16-25(2)17-14-21;1-7-2-4-9-8(6-7)3-5-10(12)11-9;;/h3-12,20-21H,13-19H2,1-2H3;2-6H,1H3,(H,11,12);2*1H. The highest BCUT2D eigenvalue weighted by molar-refractivity contribution is 5.83. The van der Waals surface area contributed by atoms with E-state index in [-0.39, 0.29) is 20.2 Å². The number of aromatic nitrogens is 1. The number of aromatic amines is 1. The molecule has 1 aliphatic heterocycles. The van der Waals surface area contributed by atoms with Crippen LogP contribution in [0.5, 0.6) is 0 Å². The topological polar surface area (TPSA) is 56.4 Å². The number of fused-ring (bicyclic) bond motifs is 1. The lowest BCUT2D eigenvalue weighted by atomic mass is 9.93. The molecule has 1 N–H and O–H groups in total. The molecule has 3 aromatic carbocycles. The van der Waals surface area contributed by atoms with Crippen LogP contribution in [0.1, 0.15) is 51.6 Å². The fourth-order valence-electron chi connectivity index (χ4n) is 5.19. The van der Waals surface area contributed by atoms with E-state index in [0.717, 1.165) is 35.3 Å². The predicted molar refractivity (Wildman–Crippen MR) is 165 cm³/mol. The van der Waals surface area contributed by atoms with Crippen LogP contribution in [0.3, 0.4) is 0 Å². The van der Waals surface area contributed by atoms with Gasteiger partial charge in [0.25, 0.3) is 0 Å². The van der Waals surface area contributed by atoms with E-state index in [0.29, 0.717) is 6.54 Å². The average Bonchev–Trinajstić information content (AvgIpc) is 2.97. The Bertz CT molecular complexity index is 1390. The van der Waals surface area contributed by atoms with Crippen molar-refractivity contribution in [3.63, 3.8) is 0 Å². The van der Waals surface area contributed by atoms with Crippen molar-refractivity contribution in [1.82, 2.24) is 14.8 Å². The first-order valence-electron chi connectivity index (χ1n) is 14.0. The van der Waals surface area contributed by atoms with Crippen LogP contribution in [0.15, 0.2) is 95.8 Å². The summed E-state index contributed by atoms with van der Waals surface area (Å²) >= 11 is 0. The van der Waals surface area contributed by atoms with E-state index in [1.54, 1.807) is 6.07 Å². The van der Waals surface area contributed by atoms with Gasteiger partial charge in [-0.15, -0.1) is 0 Å². The van der Waals surface area contributed by atoms with Crippen LogP contribution in [-0.2, 0) is 11.3 Å². The second-order valence-corrected chi connectivity index (χ2v) is 10.8. The number of likely N-dealkylation sites (tertiary alicyclic amines) is 1. The third-order valence-electron chi connectivity index (χ3n) is 7.72. The maximum Gasteiger partial charge on any atom is 0.248 e. The molecule has 1 fully saturated rings. The monoisotopic (exact) mass is 527 g/mol. The molecule has 4 aromatic rings. The quantitative estimate of drug-likeness (QED) is 0.285. The fourth-order valence-corrected chi connectivity index (χ4v) is 5.19. The largest absolute Gasteiger partial charge is 0.338 e. The number of benzene rings is 3. The molecule has 1 saturated heterocycles. The second kappa shape index (κ2) is 13.9. The van der Waals surface area contributed by atoms with Gasteiger partial charge in [-0.05, 0) is 93.9 Å². The Morgan fingerprint density at radius 2 is 1.64 bits per heavy atom. The highest BCUT2D eigenvalue weighted by Crippen LogP contribution is 2.23.